The van der Waals surface area contributed by atoms with Crippen LogP contribution >= 0.6 is 11.3 Å². The van der Waals surface area contributed by atoms with E-state index in [2.05, 4.69) is 20.8 Å². The van der Waals surface area contributed by atoms with Gasteiger partial charge in [0.2, 0.25) is 0 Å². The number of nitrogens with zero attached hydrogens (tertiary/aromatic N) is 4. The van der Waals surface area contributed by atoms with Crippen molar-refractivity contribution in [2.24, 2.45) is 5.92 Å². The van der Waals surface area contributed by atoms with E-state index in [0.29, 0.717) is 18.1 Å². The molecular formula is C22H25N5O3S. The van der Waals surface area contributed by atoms with E-state index in [0.717, 1.165) is 66.2 Å². The lowest BCUT2D eigenvalue weighted by molar-refractivity contribution is 0.0662. The quantitative estimate of drug-likeness (QED) is 0.477. The van der Waals surface area contributed by atoms with Crippen LogP contribution in [0.4, 0.5) is 0 Å². The molecule has 9 heteroatoms. The van der Waals surface area contributed by atoms with E-state index in [1.165, 1.54) is 10.8 Å². The molecule has 8 nitrogen and oxygen atoms in total. The monoisotopic (exact) mass is 439 g/mol. The molecule has 0 amide bonds. The van der Waals surface area contributed by atoms with E-state index in [-0.39, 0.29) is 5.69 Å². The first-order valence-electron chi connectivity index (χ1n) is 10.5. The van der Waals surface area contributed by atoms with Gasteiger partial charge in [0.15, 0.2) is 5.65 Å². The molecule has 0 spiro atoms. The van der Waals surface area contributed by atoms with E-state index in [9.17, 15) is 4.79 Å². The summed E-state index contributed by atoms with van der Waals surface area (Å²) in [5, 5.41) is 10.9. The molecule has 0 saturated carbocycles. The fourth-order valence-corrected chi connectivity index (χ4v) is 5.18. The smallest absolute Gasteiger partial charge is 0.352 e. The van der Waals surface area contributed by atoms with Crippen molar-refractivity contribution >= 4 is 27.2 Å². The van der Waals surface area contributed by atoms with Gasteiger partial charge in [0, 0.05) is 19.8 Å². The van der Waals surface area contributed by atoms with Gasteiger partial charge in [-0.2, -0.15) is 9.61 Å². The molecule has 0 bridgehead atoms. The highest BCUT2D eigenvalue weighted by Gasteiger charge is 2.19. The zero-order valence-electron chi connectivity index (χ0n) is 17.4. The molecule has 5 rings (SSSR count). The minimum Gasteiger partial charge on any atom is -0.497 e. The molecule has 1 aromatic carbocycles. The third kappa shape index (κ3) is 3.96. The molecule has 1 aliphatic heterocycles. The van der Waals surface area contributed by atoms with Crippen molar-refractivity contribution in [2.45, 2.75) is 25.9 Å². The summed E-state index contributed by atoms with van der Waals surface area (Å²) in [6, 6.07) is 7.77. The minimum atomic E-state index is -0.181. The van der Waals surface area contributed by atoms with Gasteiger partial charge in [-0.1, -0.05) is 12.1 Å². The predicted molar refractivity (Wildman–Crippen MR) is 120 cm³/mol. The van der Waals surface area contributed by atoms with Gasteiger partial charge in [-0.15, -0.1) is 11.3 Å². The number of aromatic nitrogens is 4. The number of hydrogen-bond donors (Lipinski definition) is 1. The average molecular weight is 440 g/mol. The highest BCUT2D eigenvalue weighted by molar-refractivity contribution is 7.17. The van der Waals surface area contributed by atoms with Gasteiger partial charge in [0.05, 0.1) is 19.0 Å². The standard InChI is InChI=1S/C22H25N5O3S/c1-29-18-4-2-16(3-5-18)12-26-21-19(20-24-14-25-27(20)22(26)28)17(13-31-21)11-23-10-15-6-8-30-9-7-15/h2-5,13-15,23H,6-12H2,1H3. The zero-order valence-corrected chi connectivity index (χ0v) is 18.2. The van der Waals surface area contributed by atoms with Crippen LogP contribution in [0.25, 0.3) is 15.9 Å². The minimum absolute atomic E-state index is 0.181. The van der Waals surface area contributed by atoms with Gasteiger partial charge in [-0.3, -0.25) is 4.57 Å². The Balaban J connectivity index is 1.47. The highest BCUT2D eigenvalue weighted by Crippen LogP contribution is 2.28. The molecule has 0 atom stereocenters. The Morgan fingerprint density at radius 2 is 2.06 bits per heavy atom. The van der Waals surface area contributed by atoms with Crippen molar-refractivity contribution in [3.8, 4) is 5.75 Å². The molecule has 1 fully saturated rings. The lowest BCUT2D eigenvalue weighted by Gasteiger charge is -2.22. The van der Waals surface area contributed by atoms with Crippen molar-refractivity contribution in [3.63, 3.8) is 0 Å². The number of fused-ring (bicyclic) bond motifs is 3. The van der Waals surface area contributed by atoms with E-state index in [4.69, 9.17) is 9.47 Å². The molecule has 0 radical (unpaired) electrons. The second-order valence-corrected chi connectivity index (χ2v) is 8.70. The summed E-state index contributed by atoms with van der Waals surface area (Å²) in [4.78, 5) is 18.5. The number of ether oxygens (including phenoxy) is 2. The van der Waals surface area contributed by atoms with E-state index in [1.54, 1.807) is 23.0 Å². The van der Waals surface area contributed by atoms with Gasteiger partial charge in [-0.05, 0) is 53.9 Å². The Morgan fingerprint density at radius 3 is 2.84 bits per heavy atom. The number of methoxy groups -OCH3 is 1. The second-order valence-electron chi connectivity index (χ2n) is 7.84. The van der Waals surface area contributed by atoms with Crippen LogP contribution < -0.4 is 15.7 Å². The number of nitrogens with one attached hydrogen (secondary N) is 1. The Kier molecular flexibility index (Phi) is 5.71. The van der Waals surface area contributed by atoms with Crippen molar-refractivity contribution in [1.82, 2.24) is 24.5 Å². The summed E-state index contributed by atoms with van der Waals surface area (Å²) >= 11 is 1.58. The number of hydrogen-bond acceptors (Lipinski definition) is 7. The lowest BCUT2D eigenvalue weighted by atomic mass is 10.0. The maximum absolute atomic E-state index is 13.1. The van der Waals surface area contributed by atoms with Gasteiger partial charge >= 0.3 is 5.69 Å². The molecule has 3 aromatic heterocycles. The third-order valence-electron chi connectivity index (χ3n) is 5.87. The normalized spacial score (nSPS) is 15.1. The van der Waals surface area contributed by atoms with Crippen LogP contribution in [0.3, 0.4) is 0 Å². The SMILES string of the molecule is COc1ccc(Cn2c(=O)n3ncnc3c3c(CNCC4CCOCC4)csc32)cc1. The Morgan fingerprint density at radius 1 is 1.26 bits per heavy atom. The number of thiophene rings is 1. The maximum Gasteiger partial charge on any atom is 0.352 e. The molecule has 0 unspecified atom stereocenters. The summed E-state index contributed by atoms with van der Waals surface area (Å²) in [5.74, 6) is 1.45. The van der Waals surface area contributed by atoms with Crippen molar-refractivity contribution in [2.75, 3.05) is 26.9 Å². The van der Waals surface area contributed by atoms with Crippen molar-refractivity contribution in [3.05, 3.63) is 57.6 Å². The molecule has 4 heterocycles. The van der Waals surface area contributed by atoms with Crippen LogP contribution in [-0.4, -0.2) is 46.0 Å². The highest BCUT2D eigenvalue weighted by atomic mass is 32.1. The molecule has 1 N–H and O–H groups in total. The van der Waals surface area contributed by atoms with Gasteiger partial charge in [-0.25, -0.2) is 9.78 Å². The fourth-order valence-electron chi connectivity index (χ4n) is 4.12. The molecule has 1 aliphatic rings. The fraction of sp³-hybridized carbons (Fsp3) is 0.409. The van der Waals surface area contributed by atoms with Gasteiger partial charge in [0.1, 0.15) is 16.9 Å². The largest absolute Gasteiger partial charge is 0.497 e. The van der Waals surface area contributed by atoms with Crippen molar-refractivity contribution in [1.29, 1.82) is 0 Å². The van der Waals surface area contributed by atoms with Gasteiger partial charge in [0.25, 0.3) is 0 Å². The number of rotatable bonds is 7. The van der Waals surface area contributed by atoms with E-state index < -0.39 is 0 Å². The molecule has 4 aromatic rings. The van der Waals surface area contributed by atoms with Crippen LogP contribution in [0.15, 0.2) is 40.8 Å². The molecule has 162 valence electrons. The van der Waals surface area contributed by atoms with Gasteiger partial charge < -0.3 is 14.8 Å². The third-order valence-corrected chi connectivity index (χ3v) is 6.92. The van der Waals surface area contributed by atoms with Crippen LogP contribution in [0, 0.1) is 5.92 Å². The summed E-state index contributed by atoms with van der Waals surface area (Å²) in [6.45, 7) is 3.87. The summed E-state index contributed by atoms with van der Waals surface area (Å²) in [6.07, 6.45) is 3.66. The zero-order chi connectivity index (χ0) is 21.2. The summed E-state index contributed by atoms with van der Waals surface area (Å²) < 4.78 is 13.9. The first-order chi connectivity index (χ1) is 15.2. The molecule has 0 aliphatic carbocycles. The maximum atomic E-state index is 13.1. The first kappa shape index (κ1) is 20.2. The Labute approximate surface area is 183 Å². The Bertz CT molecular complexity index is 1240. The summed E-state index contributed by atoms with van der Waals surface area (Å²) in [7, 11) is 1.64. The second kappa shape index (κ2) is 8.78. The van der Waals surface area contributed by atoms with Crippen LogP contribution in [0.5, 0.6) is 5.75 Å². The summed E-state index contributed by atoms with van der Waals surface area (Å²) in [5.41, 5.74) is 2.61. The van der Waals surface area contributed by atoms with Crippen LogP contribution in [-0.2, 0) is 17.8 Å². The van der Waals surface area contributed by atoms with E-state index >= 15 is 0 Å². The predicted octanol–water partition coefficient (Wildman–Crippen LogP) is 2.68. The van der Waals surface area contributed by atoms with Crippen molar-refractivity contribution < 1.29 is 9.47 Å². The molecule has 31 heavy (non-hydrogen) atoms. The molecular weight excluding hydrogens is 414 g/mol. The topological polar surface area (TPSA) is 82.7 Å². The number of benzene rings is 1. The molecule has 1 saturated heterocycles. The van der Waals surface area contributed by atoms with Crippen LogP contribution in [0.2, 0.25) is 0 Å². The first-order valence-corrected chi connectivity index (χ1v) is 11.4. The lowest BCUT2D eigenvalue weighted by Crippen LogP contribution is -2.28. The Hall–Kier alpha value is -2.75. The van der Waals surface area contributed by atoms with Crippen LogP contribution in [0.1, 0.15) is 24.0 Å². The van der Waals surface area contributed by atoms with E-state index in [1.807, 2.05) is 24.3 Å². The average Bonchev–Trinajstić information content (AvgIpc) is 3.45.